The van der Waals surface area contributed by atoms with Gasteiger partial charge in [-0.15, -0.1) is 11.8 Å². The Morgan fingerprint density at radius 3 is 2.58 bits per heavy atom. The van der Waals surface area contributed by atoms with E-state index in [2.05, 4.69) is 5.32 Å². The molecule has 1 aromatic rings. The molecule has 2 atom stereocenters. The molecule has 0 saturated carbocycles. The van der Waals surface area contributed by atoms with E-state index in [1.807, 2.05) is 6.07 Å². The van der Waals surface area contributed by atoms with Crippen molar-refractivity contribution >= 4 is 11.8 Å². The average Bonchev–Trinajstić information content (AvgIpc) is 2.82. The maximum atomic E-state index is 13.5. The van der Waals surface area contributed by atoms with Crippen molar-refractivity contribution in [2.45, 2.75) is 42.8 Å². The number of likely N-dealkylation sites (N-methyl/N-ethyl adjacent to an activating group) is 1. The molecule has 0 radical (unpaired) electrons. The fraction of sp³-hybridized carbons (Fsp3) is 0.571. The number of hydrogen-bond acceptors (Lipinski definition) is 2. The van der Waals surface area contributed by atoms with Crippen LogP contribution in [-0.2, 0) is 11.8 Å². The summed E-state index contributed by atoms with van der Waals surface area (Å²) in [7, 11) is 1.57. The van der Waals surface area contributed by atoms with E-state index in [1.54, 1.807) is 37.9 Å². The Morgan fingerprint density at radius 2 is 2.00 bits per heavy atom. The Kier molecular flexibility index (Phi) is 3.89. The number of fused-ring (bicyclic) bond motifs is 1. The maximum absolute atomic E-state index is 13.5. The molecular weight excluding hydrogens is 271 g/mol. The zero-order valence-corrected chi connectivity index (χ0v) is 12.1. The van der Waals surface area contributed by atoms with E-state index in [0.29, 0.717) is 5.56 Å². The highest BCUT2D eigenvalue weighted by molar-refractivity contribution is 7.99. The first-order valence-corrected chi connectivity index (χ1v) is 7.29. The van der Waals surface area contributed by atoms with Gasteiger partial charge in [-0.1, -0.05) is 12.1 Å². The number of aryl methyl sites for hydroxylation is 1. The third-order valence-corrected chi connectivity index (χ3v) is 5.28. The largest absolute Gasteiger partial charge is 0.399 e. The number of rotatable bonds is 3. The zero-order valence-electron chi connectivity index (χ0n) is 11.3. The molecule has 0 saturated heterocycles. The summed E-state index contributed by atoms with van der Waals surface area (Å²) < 4.78 is 40.6. The number of halogens is 3. The van der Waals surface area contributed by atoms with Crippen LogP contribution in [0.5, 0.6) is 0 Å². The number of hydrogen-bond donors (Lipinski definition) is 1. The molecule has 19 heavy (non-hydrogen) atoms. The molecule has 0 bridgehead atoms. The summed E-state index contributed by atoms with van der Waals surface area (Å²) in [6.07, 6.45) is -3.34. The van der Waals surface area contributed by atoms with Gasteiger partial charge >= 0.3 is 6.18 Å². The molecule has 1 aromatic carbocycles. The van der Waals surface area contributed by atoms with E-state index in [1.165, 1.54) is 6.92 Å². The fourth-order valence-corrected chi connectivity index (χ4v) is 3.54. The van der Waals surface area contributed by atoms with E-state index < -0.39 is 17.6 Å². The van der Waals surface area contributed by atoms with E-state index in [-0.39, 0.29) is 0 Å². The highest BCUT2D eigenvalue weighted by Gasteiger charge is 2.55. The molecule has 5 heteroatoms. The summed E-state index contributed by atoms with van der Waals surface area (Å²) in [5.74, 6) is 0.961. The quantitative estimate of drug-likeness (QED) is 0.909. The molecule has 0 amide bonds. The summed E-state index contributed by atoms with van der Waals surface area (Å²) in [6, 6.07) is 4.51. The second-order valence-corrected chi connectivity index (χ2v) is 6.27. The second-order valence-electron chi connectivity index (χ2n) is 5.13. The molecule has 1 aliphatic heterocycles. The van der Waals surface area contributed by atoms with Crippen molar-refractivity contribution in [2.75, 3.05) is 12.8 Å². The minimum absolute atomic E-state index is 0.343. The minimum atomic E-state index is -4.28. The predicted octanol–water partition coefficient (Wildman–Crippen LogP) is 3.76. The van der Waals surface area contributed by atoms with Crippen molar-refractivity contribution in [2.24, 2.45) is 0 Å². The summed E-state index contributed by atoms with van der Waals surface area (Å²) in [5.41, 5.74) is -0.370. The molecule has 1 heterocycles. The lowest BCUT2D eigenvalue weighted by molar-refractivity contribution is -0.192. The van der Waals surface area contributed by atoms with Gasteiger partial charge in [0.1, 0.15) is 5.41 Å². The van der Waals surface area contributed by atoms with Crippen LogP contribution in [0.4, 0.5) is 13.2 Å². The smallest absolute Gasteiger partial charge is 0.316 e. The van der Waals surface area contributed by atoms with Crippen LogP contribution in [0.2, 0.25) is 0 Å². The Hall–Kier alpha value is -0.680. The van der Waals surface area contributed by atoms with Crippen molar-refractivity contribution in [3.8, 4) is 0 Å². The highest BCUT2D eigenvalue weighted by Crippen LogP contribution is 2.45. The zero-order chi connectivity index (χ0) is 14.3. The summed E-state index contributed by atoms with van der Waals surface area (Å²) in [4.78, 5) is 0.997. The third-order valence-electron chi connectivity index (χ3n) is 4.18. The molecular formula is C14H18F3NS. The Bertz CT molecular complexity index is 472. The number of thioether (sulfide) groups is 1. The lowest BCUT2D eigenvalue weighted by Gasteiger charge is -2.38. The van der Waals surface area contributed by atoms with Crippen molar-refractivity contribution in [1.29, 1.82) is 0 Å². The Balaban J connectivity index is 2.50. The van der Waals surface area contributed by atoms with Gasteiger partial charge in [-0.2, -0.15) is 13.2 Å². The molecule has 2 unspecified atom stereocenters. The van der Waals surface area contributed by atoms with Crippen molar-refractivity contribution in [1.82, 2.24) is 5.32 Å². The third kappa shape index (κ3) is 2.38. The van der Waals surface area contributed by atoms with Gasteiger partial charge in [-0.25, -0.2) is 0 Å². The van der Waals surface area contributed by atoms with Gasteiger partial charge in [0.2, 0.25) is 0 Å². The van der Waals surface area contributed by atoms with E-state index in [4.69, 9.17) is 0 Å². The molecule has 0 fully saturated rings. The summed E-state index contributed by atoms with van der Waals surface area (Å²) in [6.45, 7) is 2.85. The van der Waals surface area contributed by atoms with E-state index in [0.717, 1.165) is 22.6 Å². The monoisotopic (exact) mass is 289 g/mol. The first-order valence-electron chi connectivity index (χ1n) is 6.31. The molecule has 1 aliphatic rings. The van der Waals surface area contributed by atoms with Crippen molar-refractivity contribution < 1.29 is 13.2 Å². The van der Waals surface area contributed by atoms with Crippen LogP contribution < -0.4 is 5.32 Å². The summed E-state index contributed by atoms with van der Waals surface area (Å²) >= 11 is 1.64. The molecule has 0 aromatic heterocycles. The average molecular weight is 289 g/mol. The molecule has 0 spiro atoms. The highest BCUT2D eigenvalue weighted by atomic mass is 32.2. The molecule has 106 valence electrons. The first kappa shape index (κ1) is 14.7. The van der Waals surface area contributed by atoms with Crippen molar-refractivity contribution in [3.05, 3.63) is 29.3 Å². The van der Waals surface area contributed by atoms with Crippen LogP contribution >= 0.6 is 11.8 Å². The second kappa shape index (κ2) is 5.02. The van der Waals surface area contributed by atoms with Gasteiger partial charge in [-0.05, 0) is 44.5 Å². The van der Waals surface area contributed by atoms with Gasteiger partial charge in [0.15, 0.2) is 0 Å². The number of benzene rings is 1. The molecule has 1 N–H and O–H groups in total. The lowest BCUT2D eigenvalue weighted by Crippen LogP contribution is -2.53. The van der Waals surface area contributed by atoms with Gasteiger partial charge < -0.3 is 5.32 Å². The van der Waals surface area contributed by atoms with Crippen molar-refractivity contribution in [3.63, 3.8) is 0 Å². The van der Waals surface area contributed by atoms with Gasteiger partial charge in [0.25, 0.3) is 0 Å². The van der Waals surface area contributed by atoms with Crippen LogP contribution in [0.15, 0.2) is 23.1 Å². The summed E-state index contributed by atoms with van der Waals surface area (Å²) in [5, 5.41) is 2.75. The first-order chi connectivity index (χ1) is 8.80. The van der Waals surface area contributed by atoms with Gasteiger partial charge in [0, 0.05) is 16.7 Å². The number of alkyl halides is 3. The molecule has 1 nitrogen and oxygen atoms in total. The van der Waals surface area contributed by atoms with Crippen LogP contribution in [0.1, 0.15) is 25.0 Å². The van der Waals surface area contributed by atoms with Gasteiger partial charge in [0.05, 0.1) is 0 Å². The fourth-order valence-electron chi connectivity index (χ4n) is 2.44. The minimum Gasteiger partial charge on any atom is -0.316 e. The van der Waals surface area contributed by atoms with E-state index in [9.17, 15) is 13.2 Å². The standard InChI is InChI=1S/C14H18F3NS/c1-9(18-3)13(2,14(15,16)17)11-5-4-10-6-7-19-12(10)8-11/h4-5,8-9,18H,6-7H2,1-3H3. The SMILES string of the molecule is CNC(C)C(C)(c1ccc2c(c1)SCC2)C(F)(F)F. The van der Waals surface area contributed by atoms with Crippen LogP contribution in [0.25, 0.3) is 0 Å². The van der Waals surface area contributed by atoms with Crippen LogP contribution in [0, 0.1) is 0 Å². The van der Waals surface area contributed by atoms with Crippen LogP contribution in [0.3, 0.4) is 0 Å². The number of nitrogens with one attached hydrogen (secondary N) is 1. The lowest BCUT2D eigenvalue weighted by atomic mass is 9.75. The Labute approximate surface area is 116 Å². The Morgan fingerprint density at radius 1 is 1.32 bits per heavy atom. The molecule has 0 aliphatic carbocycles. The normalized spacial score (nSPS) is 19.9. The van der Waals surface area contributed by atoms with Gasteiger partial charge in [-0.3, -0.25) is 0 Å². The predicted molar refractivity (Wildman–Crippen MR) is 72.8 cm³/mol. The maximum Gasteiger partial charge on any atom is 0.399 e. The topological polar surface area (TPSA) is 12.0 Å². The van der Waals surface area contributed by atoms with E-state index >= 15 is 0 Å². The van der Waals surface area contributed by atoms with Crippen LogP contribution in [-0.4, -0.2) is 25.0 Å². The molecule has 2 rings (SSSR count).